The van der Waals surface area contributed by atoms with E-state index in [4.69, 9.17) is 8.83 Å². The average molecular weight is 476 g/mol. The Hall–Kier alpha value is -5.34. The van der Waals surface area contributed by atoms with Gasteiger partial charge in [0.15, 0.2) is 5.58 Å². The highest BCUT2D eigenvalue weighted by Crippen LogP contribution is 2.37. The van der Waals surface area contributed by atoms with E-state index in [0.29, 0.717) is 5.56 Å². The Bertz CT molecular complexity index is 2220. The lowest BCUT2D eigenvalue weighted by Gasteiger charge is -2.05. The van der Waals surface area contributed by atoms with Crippen molar-refractivity contribution in [3.05, 3.63) is 109 Å². The van der Waals surface area contributed by atoms with Crippen molar-refractivity contribution in [2.24, 2.45) is 0 Å². The van der Waals surface area contributed by atoms with Crippen LogP contribution in [0.5, 0.6) is 0 Å². The van der Waals surface area contributed by atoms with Gasteiger partial charge in [-0.05, 0) is 65.7 Å². The minimum Gasteiger partial charge on any atom is -0.456 e. The van der Waals surface area contributed by atoms with Crippen LogP contribution in [-0.2, 0) is 0 Å². The highest BCUT2D eigenvalue weighted by Gasteiger charge is 2.16. The summed E-state index contributed by atoms with van der Waals surface area (Å²) in [5.41, 5.74) is 8.86. The summed E-state index contributed by atoms with van der Waals surface area (Å²) in [6, 6.07) is 34.7. The van der Waals surface area contributed by atoms with Crippen LogP contribution in [0.15, 0.2) is 112 Å². The number of hydrogen-bond acceptors (Lipinski definition) is 4. The van der Waals surface area contributed by atoms with E-state index in [1.807, 2.05) is 59.2 Å². The van der Waals surface area contributed by atoms with Gasteiger partial charge in [0.25, 0.3) is 0 Å². The minimum atomic E-state index is 0.592. The Labute approximate surface area is 210 Å². The molecule has 0 amide bonds. The molecule has 8 aromatic rings. The topological polar surface area (TPSA) is 67.9 Å². The van der Waals surface area contributed by atoms with Crippen molar-refractivity contribution < 1.29 is 8.83 Å². The number of furan rings is 2. The second-order valence-corrected chi connectivity index (χ2v) is 9.21. The predicted molar refractivity (Wildman–Crippen MR) is 146 cm³/mol. The average Bonchev–Trinajstić information content (AvgIpc) is 3.64. The van der Waals surface area contributed by atoms with Crippen molar-refractivity contribution in [3.8, 4) is 22.9 Å². The van der Waals surface area contributed by atoms with Crippen molar-refractivity contribution >= 4 is 54.9 Å². The van der Waals surface area contributed by atoms with E-state index in [1.165, 1.54) is 0 Å². The van der Waals surface area contributed by atoms with Crippen molar-refractivity contribution in [2.75, 3.05) is 0 Å². The standard InChI is InChI=1S/C32H17N3O2/c33-17-19-8-11-27-26(14-19)34-18-35(27)28-6-3-5-23-25-16-21(10-13-31(25)37-32(23)28)20-9-12-30-24(15-20)22-4-1-2-7-29(22)36-30/h1-16,18H. The first-order valence-corrected chi connectivity index (χ1v) is 12.0. The van der Waals surface area contributed by atoms with Crippen LogP contribution >= 0.6 is 0 Å². The molecule has 8 rings (SSSR count). The van der Waals surface area contributed by atoms with Crippen LogP contribution in [-0.4, -0.2) is 9.55 Å². The summed E-state index contributed by atoms with van der Waals surface area (Å²) in [5, 5.41) is 13.6. The van der Waals surface area contributed by atoms with E-state index < -0.39 is 0 Å². The van der Waals surface area contributed by atoms with Crippen LogP contribution in [0.2, 0.25) is 0 Å². The van der Waals surface area contributed by atoms with Gasteiger partial charge in [-0.1, -0.05) is 42.5 Å². The molecule has 0 aliphatic heterocycles. The van der Waals surface area contributed by atoms with Gasteiger partial charge in [-0.2, -0.15) is 5.26 Å². The number of nitriles is 1. The summed E-state index contributed by atoms with van der Waals surface area (Å²) < 4.78 is 14.4. The molecule has 0 fully saturated rings. The highest BCUT2D eigenvalue weighted by atomic mass is 16.3. The van der Waals surface area contributed by atoms with Gasteiger partial charge in [-0.3, -0.25) is 4.57 Å². The molecule has 5 aromatic carbocycles. The third-order valence-corrected chi connectivity index (χ3v) is 7.12. The molecular weight excluding hydrogens is 458 g/mol. The molecule has 3 heterocycles. The van der Waals surface area contributed by atoms with Crippen LogP contribution < -0.4 is 0 Å². The van der Waals surface area contributed by atoms with Crippen LogP contribution in [0.3, 0.4) is 0 Å². The first-order valence-electron chi connectivity index (χ1n) is 12.0. The number of rotatable bonds is 2. The molecule has 5 nitrogen and oxygen atoms in total. The monoisotopic (exact) mass is 475 g/mol. The lowest BCUT2D eigenvalue weighted by molar-refractivity contribution is 0.665. The molecule has 0 radical (unpaired) electrons. The van der Waals surface area contributed by atoms with Gasteiger partial charge in [-0.25, -0.2) is 4.98 Å². The summed E-state index contributed by atoms with van der Waals surface area (Å²) in [6.07, 6.45) is 1.78. The fourth-order valence-electron chi connectivity index (χ4n) is 5.33. The van der Waals surface area contributed by atoms with E-state index in [2.05, 4.69) is 47.5 Å². The zero-order valence-corrected chi connectivity index (χ0v) is 19.5. The van der Waals surface area contributed by atoms with Crippen LogP contribution in [0, 0.1) is 11.3 Å². The quantitative estimate of drug-likeness (QED) is 0.252. The third kappa shape index (κ3) is 2.87. The van der Waals surface area contributed by atoms with Crippen LogP contribution in [0.25, 0.3) is 71.7 Å². The number of hydrogen-bond donors (Lipinski definition) is 0. The Morgan fingerprint density at radius 1 is 0.649 bits per heavy atom. The van der Waals surface area contributed by atoms with E-state index >= 15 is 0 Å². The normalized spacial score (nSPS) is 11.8. The fraction of sp³-hybridized carbons (Fsp3) is 0. The van der Waals surface area contributed by atoms with Crippen LogP contribution in [0.4, 0.5) is 0 Å². The maximum absolute atomic E-state index is 9.23. The number of para-hydroxylation sites is 2. The Balaban J connectivity index is 1.31. The molecule has 0 N–H and O–H groups in total. The summed E-state index contributed by atoms with van der Waals surface area (Å²) >= 11 is 0. The fourth-order valence-corrected chi connectivity index (χ4v) is 5.33. The molecule has 0 saturated heterocycles. The second-order valence-electron chi connectivity index (χ2n) is 9.21. The van der Waals surface area contributed by atoms with E-state index in [0.717, 1.165) is 71.7 Å². The third-order valence-electron chi connectivity index (χ3n) is 7.12. The van der Waals surface area contributed by atoms with Crippen LogP contribution in [0.1, 0.15) is 5.56 Å². The molecule has 0 spiro atoms. The minimum absolute atomic E-state index is 0.592. The molecule has 37 heavy (non-hydrogen) atoms. The molecule has 0 saturated carbocycles. The lowest BCUT2D eigenvalue weighted by atomic mass is 10.0. The van der Waals surface area contributed by atoms with E-state index in [9.17, 15) is 5.26 Å². The molecular formula is C32H17N3O2. The number of aromatic nitrogens is 2. The number of imidazole rings is 1. The predicted octanol–water partition coefficient (Wildman–Crippen LogP) is 8.36. The lowest BCUT2D eigenvalue weighted by Crippen LogP contribution is -1.92. The maximum atomic E-state index is 9.23. The smallest absolute Gasteiger partial charge is 0.159 e. The first kappa shape index (κ1) is 19.9. The zero-order chi connectivity index (χ0) is 24.5. The van der Waals surface area contributed by atoms with Gasteiger partial charge in [0, 0.05) is 21.5 Å². The van der Waals surface area contributed by atoms with Crippen molar-refractivity contribution in [2.45, 2.75) is 0 Å². The SMILES string of the molecule is N#Cc1ccc2c(c1)ncn2-c1cccc2c1oc1ccc(-c3ccc4oc5ccccc5c4c3)cc12. The maximum Gasteiger partial charge on any atom is 0.159 e. The summed E-state index contributed by atoms with van der Waals surface area (Å²) in [6.45, 7) is 0. The Morgan fingerprint density at radius 2 is 1.38 bits per heavy atom. The second kappa shape index (κ2) is 7.33. The summed E-state index contributed by atoms with van der Waals surface area (Å²) in [5.74, 6) is 0. The highest BCUT2D eigenvalue weighted by molar-refractivity contribution is 6.10. The van der Waals surface area contributed by atoms with Gasteiger partial charge in [0.05, 0.1) is 28.4 Å². The van der Waals surface area contributed by atoms with Crippen molar-refractivity contribution in [3.63, 3.8) is 0 Å². The molecule has 172 valence electrons. The Morgan fingerprint density at radius 3 is 2.22 bits per heavy atom. The zero-order valence-electron chi connectivity index (χ0n) is 19.5. The van der Waals surface area contributed by atoms with Gasteiger partial charge < -0.3 is 8.83 Å². The number of benzene rings is 5. The molecule has 0 atom stereocenters. The number of fused-ring (bicyclic) bond motifs is 7. The van der Waals surface area contributed by atoms with Gasteiger partial charge >= 0.3 is 0 Å². The molecule has 0 aliphatic carbocycles. The summed E-state index contributed by atoms with van der Waals surface area (Å²) in [4.78, 5) is 4.52. The molecule has 5 heteroatoms. The number of nitrogens with zero attached hydrogens (tertiary/aromatic N) is 3. The molecule has 0 bridgehead atoms. The van der Waals surface area contributed by atoms with Gasteiger partial charge in [0.1, 0.15) is 23.1 Å². The van der Waals surface area contributed by atoms with Crippen molar-refractivity contribution in [1.82, 2.24) is 9.55 Å². The molecule has 3 aromatic heterocycles. The Kier molecular flexibility index (Phi) is 3.94. The van der Waals surface area contributed by atoms with Gasteiger partial charge in [0.2, 0.25) is 0 Å². The molecule has 0 aliphatic rings. The van der Waals surface area contributed by atoms with E-state index in [-0.39, 0.29) is 0 Å². The molecule has 0 unspecified atom stereocenters. The largest absolute Gasteiger partial charge is 0.456 e. The van der Waals surface area contributed by atoms with E-state index in [1.54, 1.807) is 12.4 Å². The first-order chi connectivity index (χ1) is 18.3. The van der Waals surface area contributed by atoms with Gasteiger partial charge in [-0.15, -0.1) is 0 Å². The van der Waals surface area contributed by atoms with Crippen molar-refractivity contribution in [1.29, 1.82) is 5.26 Å². The summed E-state index contributed by atoms with van der Waals surface area (Å²) in [7, 11) is 0.